The van der Waals surface area contributed by atoms with Gasteiger partial charge < -0.3 is 15.8 Å². The highest BCUT2D eigenvalue weighted by atomic mass is 32.2. The van der Waals surface area contributed by atoms with Gasteiger partial charge in [-0.05, 0) is 18.2 Å². The number of amides is 1. The van der Waals surface area contributed by atoms with Crippen LogP contribution in [-0.2, 0) is 15.6 Å². The van der Waals surface area contributed by atoms with E-state index in [2.05, 4.69) is 20.3 Å². The Balaban J connectivity index is 1.69. The van der Waals surface area contributed by atoms with Gasteiger partial charge in [-0.25, -0.2) is 27.7 Å². The zero-order chi connectivity index (χ0) is 21.5. The number of carbonyl (C=O) groups is 1. The molecule has 0 saturated heterocycles. The number of nitrogens with one attached hydrogen (secondary N) is 1. The molecule has 1 aromatic carbocycles. The molecule has 12 heteroatoms. The highest BCUT2D eigenvalue weighted by Gasteiger charge is 2.47. The molecule has 30 heavy (non-hydrogen) atoms. The molecule has 2 aliphatic rings. The molecule has 2 aliphatic heterocycles. The second-order valence-electron chi connectivity index (χ2n) is 6.90. The van der Waals surface area contributed by atoms with Gasteiger partial charge in [0, 0.05) is 37.1 Å². The highest BCUT2D eigenvalue weighted by Crippen LogP contribution is 2.44. The van der Waals surface area contributed by atoms with Gasteiger partial charge in [-0.2, -0.15) is 5.26 Å². The number of nitrogens with two attached hydrogens (primary N) is 1. The molecular formula is C18H17N7O4S. The van der Waals surface area contributed by atoms with E-state index in [1.54, 1.807) is 18.2 Å². The second-order valence-corrected chi connectivity index (χ2v) is 8.90. The number of anilines is 1. The molecule has 11 nitrogen and oxygen atoms in total. The van der Waals surface area contributed by atoms with Crippen LogP contribution in [0.25, 0.3) is 0 Å². The number of rotatable bonds is 2. The minimum atomic E-state index is -3.66. The summed E-state index contributed by atoms with van der Waals surface area (Å²) in [6.45, 7) is 0.286. The number of nitriles is 1. The summed E-state index contributed by atoms with van der Waals surface area (Å²) in [5, 5.41) is 11.5. The van der Waals surface area contributed by atoms with Crippen molar-refractivity contribution in [1.82, 2.24) is 14.3 Å². The summed E-state index contributed by atoms with van der Waals surface area (Å²) in [4.78, 5) is 24.6. The molecule has 3 N–H and O–H groups in total. The quantitative estimate of drug-likeness (QED) is 0.685. The Kier molecular flexibility index (Phi) is 4.54. The van der Waals surface area contributed by atoms with Crippen LogP contribution in [-0.4, -0.2) is 54.0 Å². The molecule has 1 amide bonds. The minimum Gasteiger partial charge on any atom is -0.493 e. The maximum atomic E-state index is 12.6. The van der Waals surface area contributed by atoms with Crippen molar-refractivity contribution in [3.8, 4) is 11.8 Å². The first-order chi connectivity index (χ1) is 14.2. The van der Waals surface area contributed by atoms with Crippen molar-refractivity contribution in [3.63, 3.8) is 0 Å². The molecule has 154 valence electrons. The number of fused-ring (bicyclic) bond motifs is 2. The molecule has 2 aromatic rings. The third kappa shape index (κ3) is 3.29. The van der Waals surface area contributed by atoms with Crippen LogP contribution in [0.15, 0.2) is 35.6 Å². The van der Waals surface area contributed by atoms with Crippen molar-refractivity contribution >= 4 is 27.6 Å². The Morgan fingerprint density at radius 1 is 1.37 bits per heavy atom. The summed E-state index contributed by atoms with van der Waals surface area (Å²) in [6, 6.07) is 6.76. The number of carbonyl (C=O) groups excluding carboxylic acids is 1. The molecule has 0 bridgehead atoms. The number of benzene rings is 1. The van der Waals surface area contributed by atoms with E-state index in [-0.39, 0.29) is 29.7 Å². The summed E-state index contributed by atoms with van der Waals surface area (Å²) in [6.07, 6.45) is 2.82. The van der Waals surface area contributed by atoms with Crippen molar-refractivity contribution in [2.75, 3.05) is 24.7 Å². The SMILES string of the molecule is CN1C(N)=N[C@@]2(CCOc3ccc(NC(=O)c4ncc(C#N)cn4)cc32)CS1(=O)=O. The van der Waals surface area contributed by atoms with Gasteiger partial charge in [-0.15, -0.1) is 0 Å². The summed E-state index contributed by atoms with van der Waals surface area (Å²) in [5.41, 5.74) is 5.92. The predicted molar refractivity (Wildman–Crippen MR) is 106 cm³/mol. The largest absolute Gasteiger partial charge is 0.493 e. The van der Waals surface area contributed by atoms with Gasteiger partial charge in [0.1, 0.15) is 17.4 Å². The molecule has 0 saturated carbocycles. The second kappa shape index (κ2) is 6.96. The Morgan fingerprint density at radius 3 is 2.77 bits per heavy atom. The summed E-state index contributed by atoms with van der Waals surface area (Å²) >= 11 is 0. The summed E-state index contributed by atoms with van der Waals surface area (Å²) in [7, 11) is -2.30. The molecule has 4 rings (SSSR count). The fourth-order valence-corrected chi connectivity index (χ4v) is 4.87. The summed E-state index contributed by atoms with van der Waals surface area (Å²) in [5.74, 6) is -0.574. The molecule has 3 heterocycles. The normalized spacial score (nSPS) is 21.7. The highest BCUT2D eigenvalue weighted by molar-refractivity contribution is 7.89. The average Bonchev–Trinajstić information content (AvgIpc) is 2.72. The van der Waals surface area contributed by atoms with Crippen LogP contribution in [0.1, 0.15) is 28.2 Å². The van der Waals surface area contributed by atoms with Crippen LogP contribution in [0.5, 0.6) is 5.75 Å². The number of sulfonamides is 1. The number of hydrogen-bond donors (Lipinski definition) is 2. The lowest BCUT2D eigenvalue weighted by atomic mass is 9.86. The molecule has 1 aromatic heterocycles. The zero-order valence-electron chi connectivity index (χ0n) is 15.9. The molecule has 0 aliphatic carbocycles. The van der Waals surface area contributed by atoms with Crippen molar-refractivity contribution in [2.45, 2.75) is 12.0 Å². The van der Waals surface area contributed by atoms with E-state index in [4.69, 9.17) is 15.7 Å². The minimum absolute atomic E-state index is 0.102. The van der Waals surface area contributed by atoms with E-state index in [1.807, 2.05) is 6.07 Å². The van der Waals surface area contributed by atoms with Crippen LogP contribution in [0.4, 0.5) is 5.69 Å². The lowest BCUT2D eigenvalue weighted by Crippen LogP contribution is -2.52. The first-order valence-corrected chi connectivity index (χ1v) is 10.5. The smallest absolute Gasteiger partial charge is 0.293 e. The van der Waals surface area contributed by atoms with Crippen LogP contribution in [0.2, 0.25) is 0 Å². The zero-order valence-corrected chi connectivity index (χ0v) is 16.7. The number of nitrogens with zero attached hydrogens (tertiary/aromatic N) is 5. The lowest BCUT2D eigenvalue weighted by Gasteiger charge is -2.40. The fraction of sp³-hybridized carbons (Fsp3) is 0.278. The number of guanidine groups is 1. The Hall–Kier alpha value is -3.72. The Morgan fingerprint density at radius 2 is 2.10 bits per heavy atom. The van der Waals surface area contributed by atoms with E-state index in [0.717, 1.165) is 4.31 Å². The maximum Gasteiger partial charge on any atom is 0.293 e. The molecule has 0 unspecified atom stereocenters. The lowest BCUT2D eigenvalue weighted by molar-refractivity contribution is 0.101. The number of ether oxygens (including phenoxy) is 1. The van der Waals surface area contributed by atoms with Gasteiger partial charge in [0.15, 0.2) is 0 Å². The Bertz CT molecular complexity index is 1200. The first-order valence-electron chi connectivity index (χ1n) is 8.87. The molecular weight excluding hydrogens is 410 g/mol. The van der Waals surface area contributed by atoms with Gasteiger partial charge in [-0.1, -0.05) is 0 Å². The molecule has 1 atom stereocenters. The van der Waals surface area contributed by atoms with Crippen LogP contribution >= 0.6 is 0 Å². The van der Waals surface area contributed by atoms with Crippen LogP contribution in [0, 0.1) is 11.3 Å². The van der Waals surface area contributed by atoms with E-state index in [1.165, 1.54) is 19.4 Å². The van der Waals surface area contributed by atoms with E-state index < -0.39 is 21.5 Å². The monoisotopic (exact) mass is 427 g/mol. The van der Waals surface area contributed by atoms with Gasteiger partial charge in [0.2, 0.25) is 21.8 Å². The van der Waals surface area contributed by atoms with Crippen molar-refractivity contribution in [2.24, 2.45) is 10.7 Å². The van der Waals surface area contributed by atoms with Gasteiger partial charge >= 0.3 is 0 Å². The number of aromatic nitrogens is 2. The number of hydrogen-bond acceptors (Lipinski definition) is 9. The van der Waals surface area contributed by atoms with Gasteiger partial charge in [-0.3, -0.25) is 4.79 Å². The fourth-order valence-electron chi connectivity index (χ4n) is 3.38. The molecule has 0 radical (unpaired) electrons. The van der Waals surface area contributed by atoms with Crippen molar-refractivity contribution < 1.29 is 17.9 Å². The molecule has 0 fully saturated rings. The van der Waals surface area contributed by atoms with Gasteiger partial charge in [0.05, 0.1) is 17.9 Å². The first kappa shape index (κ1) is 19.6. The van der Waals surface area contributed by atoms with Crippen LogP contribution < -0.4 is 15.8 Å². The third-order valence-electron chi connectivity index (χ3n) is 4.99. The number of aliphatic imine (C=N–C) groups is 1. The maximum absolute atomic E-state index is 12.6. The summed E-state index contributed by atoms with van der Waals surface area (Å²) < 4.78 is 31.8. The molecule has 1 spiro atoms. The standard InChI is InChI=1S/C18H17N7O4S/c1-25-17(20)24-18(10-30(25,27)28)4-5-29-14-3-2-12(6-13(14)18)23-16(26)15-21-8-11(7-19)9-22-15/h2-3,6,8-9H,4-5,10H2,1H3,(H2,20,24)(H,23,26)/t18-/m0/s1. The Labute approximate surface area is 172 Å². The average molecular weight is 427 g/mol. The van der Waals surface area contributed by atoms with E-state index >= 15 is 0 Å². The van der Waals surface area contributed by atoms with E-state index in [0.29, 0.717) is 23.4 Å². The predicted octanol–water partition coefficient (Wildman–Crippen LogP) is 0.168. The van der Waals surface area contributed by atoms with Crippen LogP contribution in [0.3, 0.4) is 0 Å². The third-order valence-corrected chi connectivity index (χ3v) is 6.85. The van der Waals surface area contributed by atoms with Crippen molar-refractivity contribution in [1.29, 1.82) is 5.26 Å². The van der Waals surface area contributed by atoms with Crippen molar-refractivity contribution in [3.05, 3.63) is 47.5 Å². The van der Waals surface area contributed by atoms with Gasteiger partial charge in [0.25, 0.3) is 5.91 Å². The van der Waals surface area contributed by atoms with E-state index in [9.17, 15) is 13.2 Å². The topological polar surface area (TPSA) is 164 Å².